The molecule has 3 aromatic rings. The van der Waals surface area contributed by atoms with Crippen molar-refractivity contribution in [2.75, 3.05) is 46.0 Å². The van der Waals surface area contributed by atoms with Gasteiger partial charge in [-0.2, -0.15) is 0 Å². The van der Waals surface area contributed by atoms with Crippen LogP contribution in [0.5, 0.6) is 5.75 Å². The summed E-state index contributed by atoms with van der Waals surface area (Å²) in [5.41, 5.74) is 1.54. The number of rotatable bonds is 8. The van der Waals surface area contributed by atoms with Gasteiger partial charge >= 0.3 is 0 Å². The van der Waals surface area contributed by atoms with E-state index in [4.69, 9.17) is 13.9 Å². The van der Waals surface area contributed by atoms with E-state index in [9.17, 15) is 9.59 Å². The van der Waals surface area contributed by atoms with Gasteiger partial charge in [0.1, 0.15) is 17.9 Å². The van der Waals surface area contributed by atoms with E-state index in [0.29, 0.717) is 35.4 Å². The number of fused-ring (bicyclic) bond motifs is 2. The van der Waals surface area contributed by atoms with Gasteiger partial charge in [-0.3, -0.25) is 14.5 Å². The highest BCUT2D eigenvalue weighted by atomic mass is 16.5. The summed E-state index contributed by atoms with van der Waals surface area (Å²) >= 11 is 0. The van der Waals surface area contributed by atoms with Crippen LogP contribution in [0, 0.1) is 0 Å². The molecule has 1 fully saturated rings. The van der Waals surface area contributed by atoms with Crippen LogP contribution in [0.3, 0.4) is 0 Å². The molecule has 2 aliphatic rings. The molecule has 7 heteroatoms. The molecule has 3 heterocycles. The summed E-state index contributed by atoms with van der Waals surface area (Å²) in [4.78, 5) is 31.1. The first-order valence-electron chi connectivity index (χ1n) is 11.7. The maximum Gasteiger partial charge on any atom is 0.290 e. The van der Waals surface area contributed by atoms with Crippen molar-refractivity contribution in [3.8, 4) is 5.75 Å². The Balaban J connectivity index is 1.49. The normalized spacial score (nSPS) is 18.3. The lowest BCUT2D eigenvalue weighted by molar-refractivity contribution is 0.0353. The van der Waals surface area contributed by atoms with Crippen molar-refractivity contribution in [2.24, 2.45) is 0 Å². The van der Waals surface area contributed by atoms with Gasteiger partial charge in [0.2, 0.25) is 5.76 Å². The topological polar surface area (TPSA) is 72.2 Å². The fraction of sp³-hybridized carbons (Fsp3) is 0.333. The molecule has 1 amide bonds. The van der Waals surface area contributed by atoms with E-state index in [-0.39, 0.29) is 17.1 Å². The number of hydrogen-bond acceptors (Lipinski definition) is 6. The standard InChI is InChI=1S/C27H28N2O5/c1-2-16-33-20-10-8-19(9-11-20)24-23-25(30)21-6-3-4-7-22(21)34-26(23)27(31)29(24)13-5-12-28-14-17-32-18-15-28/h2-4,6-11,24H,1,5,12-18H2/t24-/m1/s1. The maximum absolute atomic E-state index is 13.5. The third-order valence-corrected chi connectivity index (χ3v) is 6.41. The lowest BCUT2D eigenvalue weighted by Gasteiger charge is -2.29. The van der Waals surface area contributed by atoms with Gasteiger partial charge in [-0.25, -0.2) is 0 Å². The van der Waals surface area contributed by atoms with E-state index in [1.165, 1.54) is 0 Å². The number of benzene rings is 2. The number of ether oxygens (including phenoxy) is 2. The average Bonchev–Trinajstić information content (AvgIpc) is 3.15. The molecule has 1 aromatic heterocycles. The Hall–Kier alpha value is -3.42. The predicted molar refractivity (Wildman–Crippen MR) is 129 cm³/mol. The Kier molecular flexibility index (Phi) is 6.47. The molecular formula is C27H28N2O5. The summed E-state index contributed by atoms with van der Waals surface area (Å²) in [7, 11) is 0. The summed E-state index contributed by atoms with van der Waals surface area (Å²) in [6, 6.07) is 14.1. The van der Waals surface area contributed by atoms with Gasteiger partial charge in [-0.15, -0.1) is 0 Å². The van der Waals surface area contributed by atoms with E-state index in [1.807, 2.05) is 30.3 Å². The Morgan fingerprint density at radius 3 is 2.56 bits per heavy atom. The zero-order valence-corrected chi connectivity index (χ0v) is 19.1. The Morgan fingerprint density at radius 2 is 1.79 bits per heavy atom. The van der Waals surface area contributed by atoms with E-state index in [1.54, 1.807) is 29.2 Å². The van der Waals surface area contributed by atoms with Crippen LogP contribution in [-0.2, 0) is 4.74 Å². The molecular weight excluding hydrogens is 432 g/mol. The first-order chi connectivity index (χ1) is 16.7. The smallest absolute Gasteiger partial charge is 0.290 e. The number of carbonyl (C=O) groups is 1. The summed E-state index contributed by atoms with van der Waals surface area (Å²) in [6.45, 7) is 8.75. The van der Waals surface area contributed by atoms with E-state index in [0.717, 1.165) is 44.8 Å². The molecule has 0 bridgehead atoms. The quantitative estimate of drug-likeness (QED) is 0.478. The van der Waals surface area contributed by atoms with Crippen LogP contribution >= 0.6 is 0 Å². The lowest BCUT2D eigenvalue weighted by atomic mass is 9.98. The molecule has 1 saturated heterocycles. The van der Waals surface area contributed by atoms with Crippen molar-refractivity contribution in [1.82, 2.24) is 9.80 Å². The largest absolute Gasteiger partial charge is 0.490 e. The van der Waals surface area contributed by atoms with Gasteiger partial charge in [0, 0.05) is 26.2 Å². The minimum atomic E-state index is -0.499. The number of amides is 1. The molecule has 0 N–H and O–H groups in total. The van der Waals surface area contributed by atoms with Gasteiger partial charge in [0.25, 0.3) is 5.91 Å². The monoisotopic (exact) mass is 460 g/mol. The zero-order valence-electron chi connectivity index (χ0n) is 19.1. The summed E-state index contributed by atoms with van der Waals surface area (Å²) in [5.74, 6) is 0.612. The van der Waals surface area contributed by atoms with Crippen molar-refractivity contribution in [2.45, 2.75) is 12.5 Å². The molecule has 2 aromatic carbocycles. The Labute approximate surface area is 198 Å². The first kappa shape index (κ1) is 22.4. The van der Waals surface area contributed by atoms with Crippen LogP contribution in [0.25, 0.3) is 11.0 Å². The molecule has 2 aliphatic heterocycles. The van der Waals surface area contributed by atoms with Crippen LogP contribution in [0.2, 0.25) is 0 Å². The highest BCUT2D eigenvalue weighted by Crippen LogP contribution is 2.38. The molecule has 5 rings (SSSR count). The Bertz CT molecular complexity index is 1240. The molecule has 1 atom stereocenters. The van der Waals surface area contributed by atoms with Gasteiger partial charge in [-0.05, 0) is 36.2 Å². The van der Waals surface area contributed by atoms with E-state index >= 15 is 0 Å². The van der Waals surface area contributed by atoms with E-state index in [2.05, 4.69) is 11.5 Å². The van der Waals surface area contributed by atoms with Crippen molar-refractivity contribution < 1.29 is 18.7 Å². The van der Waals surface area contributed by atoms with Crippen LogP contribution in [0.4, 0.5) is 0 Å². The Morgan fingerprint density at radius 1 is 1.03 bits per heavy atom. The fourth-order valence-corrected chi connectivity index (χ4v) is 4.74. The molecule has 176 valence electrons. The molecule has 0 spiro atoms. The van der Waals surface area contributed by atoms with Crippen LogP contribution in [-0.4, -0.2) is 61.7 Å². The molecule has 0 radical (unpaired) electrons. The van der Waals surface area contributed by atoms with Crippen molar-refractivity contribution in [1.29, 1.82) is 0 Å². The van der Waals surface area contributed by atoms with Gasteiger partial charge in [0.15, 0.2) is 5.43 Å². The van der Waals surface area contributed by atoms with Crippen LogP contribution in [0.1, 0.15) is 34.1 Å². The van der Waals surface area contributed by atoms with Crippen molar-refractivity contribution in [3.05, 3.63) is 88.3 Å². The SMILES string of the molecule is C=CCOc1ccc([C@@H]2c3c(oc4ccccc4c3=O)C(=O)N2CCCN2CCOCC2)cc1. The predicted octanol–water partition coefficient (Wildman–Crippen LogP) is 3.63. The summed E-state index contributed by atoms with van der Waals surface area (Å²) < 4.78 is 17.0. The number of carbonyl (C=O) groups excluding carboxylic acids is 1. The molecule has 34 heavy (non-hydrogen) atoms. The first-order valence-corrected chi connectivity index (χ1v) is 11.7. The highest BCUT2D eigenvalue weighted by Gasteiger charge is 2.42. The van der Waals surface area contributed by atoms with Crippen LogP contribution in [0.15, 0.2) is 70.4 Å². The van der Waals surface area contributed by atoms with Crippen molar-refractivity contribution >= 4 is 16.9 Å². The summed E-state index contributed by atoms with van der Waals surface area (Å²) in [5, 5.41) is 0.486. The maximum atomic E-state index is 13.5. The minimum Gasteiger partial charge on any atom is -0.490 e. The second-order valence-electron chi connectivity index (χ2n) is 8.55. The average molecular weight is 461 g/mol. The van der Waals surface area contributed by atoms with Gasteiger partial charge in [0.05, 0.1) is 30.2 Å². The number of hydrogen-bond donors (Lipinski definition) is 0. The lowest BCUT2D eigenvalue weighted by Crippen LogP contribution is -2.38. The zero-order chi connectivity index (χ0) is 23.5. The second kappa shape index (κ2) is 9.83. The molecule has 7 nitrogen and oxygen atoms in total. The molecule has 0 saturated carbocycles. The third kappa shape index (κ3) is 4.24. The highest BCUT2D eigenvalue weighted by molar-refractivity contribution is 5.99. The second-order valence-corrected chi connectivity index (χ2v) is 8.55. The molecule has 0 aliphatic carbocycles. The fourth-order valence-electron chi connectivity index (χ4n) is 4.74. The van der Waals surface area contributed by atoms with Crippen LogP contribution < -0.4 is 10.2 Å². The number of para-hydroxylation sites is 1. The summed E-state index contributed by atoms with van der Waals surface area (Å²) in [6.07, 6.45) is 2.48. The minimum absolute atomic E-state index is 0.145. The van der Waals surface area contributed by atoms with Gasteiger partial charge in [-0.1, -0.05) is 36.9 Å². The number of morpholine rings is 1. The van der Waals surface area contributed by atoms with Crippen molar-refractivity contribution in [3.63, 3.8) is 0 Å². The number of nitrogens with zero attached hydrogens (tertiary/aromatic N) is 2. The van der Waals surface area contributed by atoms with E-state index < -0.39 is 6.04 Å². The molecule has 0 unspecified atom stereocenters. The third-order valence-electron chi connectivity index (χ3n) is 6.41. The van der Waals surface area contributed by atoms with Gasteiger partial charge < -0.3 is 18.8 Å².